The Kier molecular flexibility index (Phi) is 4.80. The summed E-state index contributed by atoms with van der Waals surface area (Å²) in [6.45, 7) is 4.75. The maximum Gasteiger partial charge on any atom is 0.270 e. The number of aromatic nitrogens is 4. The molecule has 6 rings (SSSR count). The average Bonchev–Trinajstić information content (AvgIpc) is 3.43. The molecule has 32 heavy (non-hydrogen) atoms. The normalized spacial score (nSPS) is 20.6. The lowest BCUT2D eigenvalue weighted by molar-refractivity contribution is 0.171. The van der Waals surface area contributed by atoms with Gasteiger partial charge in [0.05, 0.1) is 30.7 Å². The number of hydrogen-bond donors (Lipinski definition) is 1. The molecule has 0 radical (unpaired) electrons. The molecule has 0 unspecified atom stereocenters. The van der Waals surface area contributed by atoms with Crippen LogP contribution in [0.5, 0.6) is 5.75 Å². The number of nitrogens with zero attached hydrogens (tertiary/aromatic N) is 5. The number of rotatable bonds is 5. The van der Waals surface area contributed by atoms with Crippen molar-refractivity contribution in [3.05, 3.63) is 62.6 Å². The monoisotopic (exact) mass is 434 g/mol. The zero-order chi connectivity index (χ0) is 21.7. The van der Waals surface area contributed by atoms with E-state index in [2.05, 4.69) is 26.3 Å². The predicted molar refractivity (Wildman–Crippen MR) is 119 cm³/mol. The molecule has 9 nitrogen and oxygen atoms in total. The number of hydrogen-bond acceptors (Lipinski definition) is 7. The Hall–Kier alpha value is -3.04. The summed E-state index contributed by atoms with van der Waals surface area (Å²) in [5.41, 5.74) is 3.45. The number of piperidine rings is 1. The van der Waals surface area contributed by atoms with E-state index in [0.717, 1.165) is 63.5 Å². The zero-order valence-corrected chi connectivity index (χ0v) is 17.9. The van der Waals surface area contributed by atoms with E-state index < -0.39 is 0 Å². The lowest BCUT2D eigenvalue weighted by Crippen LogP contribution is -2.44. The van der Waals surface area contributed by atoms with Crippen LogP contribution < -0.4 is 21.2 Å². The van der Waals surface area contributed by atoms with Crippen LogP contribution in [-0.4, -0.2) is 56.3 Å². The zero-order valence-electron chi connectivity index (χ0n) is 17.9. The van der Waals surface area contributed by atoms with Crippen molar-refractivity contribution in [2.45, 2.75) is 44.4 Å². The molecule has 166 valence electrons. The first-order chi connectivity index (χ1) is 15.7. The Morgan fingerprint density at radius 3 is 2.84 bits per heavy atom. The summed E-state index contributed by atoms with van der Waals surface area (Å²) in [7, 11) is 0. The third kappa shape index (κ3) is 3.41. The molecule has 1 saturated heterocycles. The minimum absolute atomic E-state index is 0.0366. The number of ether oxygens (including phenoxy) is 1. The van der Waals surface area contributed by atoms with E-state index in [9.17, 15) is 9.59 Å². The summed E-state index contributed by atoms with van der Waals surface area (Å²) in [5.74, 6) is 0.920. The van der Waals surface area contributed by atoms with Crippen molar-refractivity contribution in [3.63, 3.8) is 0 Å². The standard InChI is InChI=1S/C23H26N6O3/c30-21-2-1-19-23-28(22(31)12-26-19)14-18(29(21)23)13-27-6-3-16(4-7-27)24-10-17-9-15-5-8-32-20(15)11-25-17/h1-2,9,11-12,16,18,24H,3-8,10,13-14H2/t18-/m1/s1. The number of likely N-dealkylation sites (tertiary alicyclic amines) is 1. The Labute approximate surface area is 184 Å². The lowest BCUT2D eigenvalue weighted by Gasteiger charge is -2.34. The molecule has 0 saturated carbocycles. The molecule has 1 atom stereocenters. The summed E-state index contributed by atoms with van der Waals surface area (Å²) in [4.78, 5) is 36.0. The van der Waals surface area contributed by atoms with E-state index in [1.807, 2.05) is 6.20 Å². The molecule has 9 heteroatoms. The Morgan fingerprint density at radius 1 is 1.09 bits per heavy atom. The third-order valence-corrected chi connectivity index (χ3v) is 6.94. The van der Waals surface area contributed by atoms with Gasteiger partial charge >= 0.3 is 0 Å². The van der Waals surface area contributed by atoms with Crippen LogP contribution >= 0.6 is 0 Å². The van der Waals surface area contributed by atoms with Gasteiger partial charge in [-0.2, -0.15) is 0 Å². The lowest BCUT2D eigenvalue weighted by atomic mass is 10.0. The highest BCUT2D eigenvalue weighted by Crippen LogP contribution is 2.25. The second kappa shape index (κ2) is 7.83. The fourth-order valence-electron chi connectivity index (χ4n) is 5.26. The van der Waals surface area contributed by atoms with Crippen molar-refractivity contribution in [2.24, 2.45) is 0 Å². The topological polar surface area (TPSA) is 94.3 Å². The predicted octanol–water partition coefficient (Wildman–Crippen LogP) is 0.697. The average molecular weight is 435 g/mol. The van der Waals surface area contributed by atoms with Crippen LogP contribution in [0.3, 0.4) is 0 Å². The van der Waals surface area contributed by atoms with Crippen LogP contribution in [0.15, 0.2) is 40.2 Å². The SMILES string of the molecule is O=c1cnc2ccc(=O)n3c2n1C[C@H]3CN1CCC(NCc2cc3c(cn2)OCC3)CC1. The van der Waals surface area contributed by atoms with Gasteiger partial charge in [0.15, 0.2) is 0 Å². The second-order valence-electron chi connectivity index (χ2n) is 8.95. The van der Waals surface area contributed by atoms with Crippen LogP contribution in [0.4, 0.5) is 0 Å². The van der Waals surface area contributed by atoms with Crippen LogP contribution in [0.25, 0.3) is 11.2 Å². The summed E-state index contributed by atoms with van der Waals surface area (Å²) >= 11 is 0. The Bertz CT molecular complexity index is 1290. The van der Waals surface area contributed by atoms with Gasteiger partial charge in [0.2, 0.25) is 0 Å². The molecule has 3 aromatic heterocycles. The molecule has 1 N–H and O–H groups in total. The van der Waals surface area contributed by atoms with E-state index in [1.165, 1.54) is 11.8 Å². The maximum absolute atomic E-state index is 12.6. The Morgan fingerprint density at radius 2 is 1.97 bits per heavy atom. The smallest absolute Gasteiger partial charge is 0.270 e. The molecular weight excluding hydrogens is 408 g/mol. The van der Waals surface area contributed by atoms with Crippen molar-refractivity contribution in [1.29, 1.82) is 0 Å². The van der Waals surface area contributed by atoms with E-state index in [-0.39, 0.29) is 17.2 Å². The molecule has 6 heterocycles. The number of pyridine rings is 2. The summed E-state index contributed by atoms with van der Waals surface area (Å²) in [5, 5.41) is 3.65. The first-order valence-electron chi connectivity index (χ1n) is 11.3. The molecule has 0 aromatic carbocycles. The van der Waals surface area contributed by atoms with Gasteiger partial charge in [-0.05, 0) is 38.1 Å². The first-order valence-corrected chi connectivity index (χ1v) is 11.3. The van der Waals surface area contributed by atoms with Crippen LogP contribution in [0, 0.1) is 0 Å². The van der Waals surface area contributed by atoms with E-state index >= 15 is 0 Å². The summed E-state index contributed by atoms with van der Waals surface area (Å²) in [6, 6.07) is 5.82. The molecule has 1 fully saturated rings. The minimum atomic E-state index is -0.144. The van der Waals surface area contributed by atoms with Crippen LogP contribution in [0.1, 0.15) is 30.1 Å². The van der Waals surface area contributed by atoms with Gasteiger partial charge in [0.25, 0.3) is 11.1 Å². The van der Waals surface area contributed by atoms with Gasteiger partial charge < -0.3 is 15.0 Å². The largest absolute Gasteiger partial charge is 0.491 e. The molecule has 3 aromatic rings. The van der Waals surface area contributed by atoms with E-state index in [1.54, 1.807) is 21.3 Å². The molecule has 3 aliphatic heterocycles. The molecule has 0 spiro atoms. The third-order valence-electron chi connectivity index (χ3n) is 6.94. The van der Waals surface area contributed by atoms with Crippen LogP contribution in [0.2, 0.25) is 0 Å². The molecule has 0 aliphatic carbocycles. The van der Waals surface area contributed by atoms with Crippen molar-refractivity contribution >= 4 is 11.2 Å². The Balaban J connectivity index is 1.07. The molecule has 3 aliphatic rings. The van der Waals surface area contributed by atoms with Gasteiger partial charge in [0.1, 0.15) is 16.9 Å². The highest BCUT2D eigenvalue weighted by Gasteiger charge is 2.29. The highest BCUT2D eigenvalue weighted by molar-refractivity contribution is 5.71. The van der Waals surface area contributed by atoms with Gasteiger partial charge in [-0.1, -0.05) is 0 Å². The van der Waals surface area contributed by atoms with Gasteiger partial charge in [0, 0.05) is 43.7 Å². The summed E-state index contributed by atoms with van der Waals surface area (Å²) in [6.07, 6.45) is 6.25. The van der Waals surface area contributed by atoms with Crippen molar-refractivity contribution in [1.82, 2.24) is 29.3 Å². The van der Waals surface area contributed by atoms with E-state index in [0.29, 0.717) is 23.8 Å². The fourth-order valence-corrected chi connectivity index (χ4v) is 5.26. The number of nitrogens with one attached hydrogen (secondary N) is 1. The molecular formula is C23H26N6O3. The molecule has 0 bridgehead atoms. The van der Waals surface area contributed by atoms with Gasteiger partial charge in [-0.25, -0.2) is 4.98 Å². The minimum Gasteiger partial charge on any atom is -0.491 e. The van der Waals surface area contributed by atoms with Crippen molar-refractivity contribution in [3.8, 4) is 5.75 Å². The first kappa shape index (κ1) is 19.6. The fraction of sp³-hybridized carbons (Fsp3) is 0.478. The maximum atomic E-state index is 12.6. The second-order valence-corrected chi connectivity index (χ2v) is 8.95. The van der Waals surface area contributed by atoms with Gasteiger partial charge in [-0.3, -0.25) is 23.7 Å². The molecule has 0 amide bonds. The van der Waals surface area contributed by atoms with Crippen molar-refractivity contribution in [2.75, 3.05) is 26.2 Å². The highest BCUT2D eigenvalue weighted by atomic mass is 16.5. The summed E-state index contributed by atoms with van der Waals surface area (Å²) < 4.78 is 8.99. The number of fused-ring (bicyclic) bond motifs is 1. The van der Waals surface area contributed by atoms with Gasteiger partial charge in [-0.15, -0.1) is 0 Å². The van der Waals surface area contributed by atoms with Crippen LogP contribution in [-0.2, 0) is 19.5 Å². The van der Waals surface area contributed by atoms with E-state index in [4.69, 9.17) is 4.74 Å². The quantitative estimate of drug-likeness (QED) is 0.632. The van der Waals surface area contributed by atoms with Crippen molar-refractivity contribution < 1.29 is 4.74 Å².